The van der Waals surface area contributed by atoms with Crippen LogP contribution in [0.2, 0.25) is 0 Å². The molecular formula is C20H26N2O2. The number of hydrogen-bond donors (Lipinski definition) is 1. The predicted octanol–water partition coefficient (Wildman–Crippen LogP) is 4.36. The summed E-state index contributed by atoms with van der Waals surface area (Å²) < 4.78 is 5.41. The molecule has 4 rings (SSSR count). The van der Waals surface area contributed by atoms with E-state index in [1.807, 2.05) is 24.3 Å². The number of rotatable bonds is 2. The van der Waals surface area contributed by atoms with Crippen LogP contribution in [-0.2, 0) is 0 Å². The Morgan fingerprint density at radius 3 is 2.83 bits per heavy atom. The number of nitrogens with one attached hydrogen (secondary N) is 1. The van der Waals surface area contributed by atoms with Crippen LogP contribution in [0.25, 0.3) is 10.9 Å². The highest BCUT2D eigenvalue weighted by Crippen LogP contribution is 2.46. The lowest BCUT2D eigenvalue weighted by atomic mass is 9.73. The molecule has 2 fully saturated rings. The van der Waals surface area contributed by atoms with Gasteiger partial charge in [0, 0.05) is 23.5 Å². The van der Waals surface area contributed by atoms with Crippen molar-refractivity contribution in [2.75, 3.05) is 13.7 Å². The lowest BCUT2D eigenvalue weighted by Gasteiger charge is -2.33. The molecule has 2 heterocycles. The van der Waals surface area contributed by atoms with Crippen molar-refractivity contribution < 1.29 is 9.53 Å². The fraction of sp³-hybridized carbons (Fsp3) is 0.550. The first-order valence-electron chi connectivity index (χ1n) is 9.09. The summed E-state index contributed by atoms with van der Waals surface area (Å²) in [5.41, 5.74) is 2.00. The van der Waals surface area contributed by atoms with Crippen LogP contribution >= 0.6 is 0 Å². The van der Waals surface area contributed by atoms with Crippen molar-refractivity contribution in [3.05, 3.63) is 30.0 Å². The summed E-state index contributed by atoms with van der Waals surface area (Å²) >= 11 is 0. The van der Waals surface area contributed by atoms with Crippen LogP contribution in [0.5, 0.6) is 5.75 Å². The molecule has 2 aliphatic rings. The fourth-order valence-corrected chi connectivity index (χ4v) is 4.83. The van der Waals surface area contributed by atoms with Crippen LogP contribution in [0.15, 0.2) is 24.3 Å². The summed E-state index contributed by atoms with van der Waals surface area (Å²) in [5, 5.41) is 0.975. The van der Waals surface area contributed by atoms with Gasteiger partial charge in [-0.15, -0.1) is 0 Å². The number of carbonyl (C=O) groups is 1. The molecule has 1 aliphatic heterocycles. The Balaban J connectivity index is 1.61. The number of fused-ring (bicyclic) bond motifs is 1. The summed E-state index contributed by atoms with van der Waals surface area (Å²) in [7, 11) is 1.67. The third kappa shape index (κ3) is 2.48. The van der Waals surface area contributed by atoms with E-state index in [1.54, 1.807) is 7.11 Å². The maximum atomic E-state index is 13.1. The van der Waals surface area contributed by atoms with E-state index in [0.29, 0.717) is 17.2 Å². The number of carbonyl (C=O) groups excluding carboxylic acids is 1. The molecule has 1 saturated heterocycles. The van der Waals surface area contributed by atoms with E-state index in [1.165, 1.54) is 32.1 Å². The number of aromatic nitrogens is 1. The van der Waals surface area contributed by atoms with Crippen molar-refractivity contribution in [3.8, 4) is 5.75 Å². The number of nitrogens with zero attached hydrogens (tertiary/aromatic N) is 1. The highest BCUT2D eigenvalue weighted by atomic mass is 16.5. The van der Waals surface area contributed by atoms with Crippen LogP contribution in [-0.4, -0.2) is 35.5 Å². The van der Waals surface area contributed by atoms with Crippen molar-refractivity contribution >= 4 is 16.8 Å². The Bertz CT molecular complexity index is 758. The third-order valence-corrected chi connectivity index (χ3v) is 6.02. The zero-order valence-electron chi connectivity index (χ0n) is 14.6. The molecule has 128 valence electrons. The van der Waals surface area contributed by atoms with Gasteiger partial charge in [-0.3, -0.25) is 4.79 Å². The maximum Gasteiger partial charge on any atom is 0.270 e. The van der Waals surface area contributed by atoms with Crippen LogP contribution in [0.1, 0.15) is 55.9 Å². The number of H-pyrrole nitrogens is 1. The van der Waals surface area contributed by atoms with Gasteiger partial charge in [0.1, 0.15) is 11.4 Å². The third-order valence-electron chi connectivity index (χ3n) is 6.02. The highest BCUT2D eigenvalue weighted by molar-refractivity contribution is 6.00. The SMILES string of the molecule is COc1cccc2[nH]c(C(=O)N3CC4(CCCCC4)CC3C)cc12. The first-order chi connectivity index (χ1) is 11.6. The number of methoxy groups -OCH3 is 1. The monoisotopic (exact) mass is 326 g/mol. The largest absolute Gasteiger partial charge is 0.496 e. The second kappa shape index (κ2) is 5.83. The van der Waals surface area contributed by atoms with Crippen LogP contribution in [0, 0.1) is 5.41 Å². The maximum absolute atomic E-state index is 13.1. The van der Waals surface area contributed by atoms with Gasteiger partial charge in [0.05, 0.1) is 7.11 Å². The number of ether oxygens (including phenoxy) is 1. The molecular weight excluding hydrogens is 300 g/mol. The molecule has 1 spiro atoms. The minimum atomic E-state index is 0.128. The van der Waals surface area contributed by atoms with E-state index in [4.69, 9.17) is 4.74 Å². The van der Waals surface area contributed by atoms with Gasteiger partial charge in [-0.2, -0.15) is 0 Å². The average molecular weight is 326 g/mol. The van der Waals surface area contributed by atoms with E-state index in [2.05, 4.69) is 16.8 Å². The number of likely N-dealkylation sites (tertiary alicyclic amines) is 1. The Kier molecular flexibility index (Phi) is 3.78. The van der Waals surface area contributed by atoms with Crippen molar-refractivity contribution in [2.24, 2.45) is 5.41 Å². The smallest absolute Gasteiger partial charge is 0.270 e. The van der Waals surface area contributed by atoms with Gasteiger partial charge in [-0.1, -0.05) is 25.3 Å². The van der Waals surface area contributed by atoms with E-state index >= 15 is 0 Å². The van der Waals surface area contributed by atoms with Gasteiger partial charge in [0.15, 0.2) is 0 Å². The average Bonchev–Trinajstić information content (AvgIpc) is 3.16. The molecule has 1 aromatic heterocycles. The van der Waals surface area contributed by atoms with E-state index < -0.39 is 0 Å². The van der Waals surface area contributed by atoms with Crippen molar-refractivity contribution in [3.63, 3.8) is 0 Å². The zero-order valence-corrected chi connectivity index (χ0v) is 14.6. The fourth-order valence-electron chi connectivity index (χ4n) is 4.83. The topological polar surface area (TPSA) is 45.3 Å². The van der Waals surface area contributed by atoms with E-state index in [-0.39, 0.29) is 5.91 Å². The Hall–Kier alpha value is -1.97. The van der Waals surface area contributed by atoms with E-state index in [9.17, 15) is 4.79 Å². The van der Waals surface area contributed by atoms with Gasteiger partial charge in [0.2, 0.25) is 0 Å². The molecule has 1 unspecified atom stereocenters. The van der Waals surface area contributed by atoms with Gasteiger partial charge >= 0.3 is 0 Å². The molecule has 1 aromatic carbocycles. The van der Waals surface area contributed by atoms with Crippen LogP contribution in [0.4, 0.5) is 0 Å². The first-order valence-corrected chi connectivity index (χ1v) is 9.09. The molecule has 0 radical (unpaired) electrons. The summed E-state index contributed by atoms with van der Waals surface area (Å²) in [6, 6.07) is 8.13. The summed E-state index contributed by atoms with van der Waals surface area (Å²) in [6.07, 6.45) is 7.70. The lowest BCUT2D eigenvalue weighted by molar-refractivity contribution is 0.0716. The van der Waals surface area contributed by atoms with Gasteiger partial charge < -0.3 is 14.6 Å². The summed E-state index contributed by atoms with van der Waals surface area (Å²) in [4.78, 5) is 18.5. The molecule has 1 amide bonds. The van der Waals surface area contributed by atoms with Gasteiger partial charge in [0.25, 0.3) is 5.91 Å². The van der Waals surface area contributed by atoms with Crippen molar-refractivity contribution in [1.29, 1.82) is 0 Å². The first kappa shape index (κ1) is 15.6. The second-order valence-electron chi connectivity index (χ2n) is 7.65. The molecule has 4 heteroatoms. The molecule has 24 heavy (non-hydrogen) atoms. The molecule has 0 bridgehead atoms. The Morgan fingerprint density at radius 1 is 1.29 bits per heavy atom. The molecule has 2 aromatic rings. The number of hydrogen-bond acceptors (Lipinski definition) is 2. The normalized spacial score (nSPS) is 23.1. The van der Waals surface area contributed by atoms with Crippen LogP contribution < -0.4 is 4.74 Å². The Morgan fingerprint density at radius 2 is 2.08 bits per heavy atom. The summed E-state index contributed by atoms with van der Waals surface area (Å²) in [5.74, 6) is 0.934. The minimum Gasteiger partial charge on any atom is -0.496 e. The predicted molar refractivity (Wildman–Crippen MR) is 95.5 cm³/mol. The number of amides is 1. The Labute approximate surface area is 143 Å². The van der Waals surface area contributed by atoms with Gasteiger partial charge in [-0.25, -0.2) is 0 Å². The van der Waals surface area contributed by atoms with Crippen molar-refractivity contribution in [2.45, 2.75) is 51.5 Å². The number of aromatic amines is 1. The van der Waals surface area contributed by atoms with Gasteiger partial charge in [-0.05, 0) is 49.8 Å². The molecule has 1 aliphatic carbocycles. The molecule has 1 atom stereocenters. The van der Waals surface area contributed by atoms with Crippen molar-refractivity contribution in [1.82, 2.24) is 9.88 Å². The van der Waals surface area contributed by atoms with Crippen LogP contribution in [0.3, 0.4) is 0 Å². The quantitative estimate of drug-likeness (QED) is 0.891. The molecule has 1 saturated carbocycles. The second-order valence-corrected chi connectivity index (χ2v) is 7.65. The minimum absolute atomic E-state index is 0.128. The van der Waals surface area contributed by atoms with E-state index in [0.717, 1.165) is 29.6 Å². The molecule has 4 nitrogen and oxygen atoms in total. The zero-order chi connectivity index (χ0) is 16.7. The summed E-state index contributed by atoms with van der Waals surface area (Å²) in [6.45, 7) is 3.12. The highest BCUT2D eigenvalue weighted by Gasteiger charge is 2.44. The standard InChI is InChI=1S/C20H26N2O2/c1-14-12-20(9-4-3-5-10-20)13-22(14)19(23)17-11-15-16(21-17)7-6-8-18(15)24-2/h6-8,11,14,21H,3-5,9-10,12-13H2,1-2H3. The molecule has 1 N–H and O–H groups in total. The number of benzene rings is 1. The lowest BCUT2D eigenvalue weighted by Crippen LogP contribution is -2.36.